The molecule has 47 heavy (non-hydrogen) atoms. The van der Waals surface area contributed by atoms with Crippen LogP contribution in [0.15, 0.2) is 26.1 Å². The maximum Gasteiger partial charge on any atom is 0.137 e. The highest BCUT2D eigenvalue weighted by atomic mass is 16.1. The maximum absolute atomic E-state index is 10.8. The van der Waals surface area contributed by atoms with Gasteiger partial charge in [0.1, 0.15) is 5.78 Å². The summed E-state index contributed by atoms with van der Waals surface area (Å²) >= 11 is 0. The van der Waals surface area contributed by atoms with E-state index in [0.29, 0.717) is 53.1 Å². The Morgan fingerprint density at radius 1 is 0.340 bits per heavy atom. The van der Waals surface area contributed by atoms with Crippen molar-refractivity contribution in [2.24, 2.45) is 74.2 Å². The highest BCUT2D eigenvalue weighted by Gasteiger charge is 2.11. The highest BCUT2D eigenvalue weighted by molar-refractivity contribution is 5.88. The van der Waals surface area contributed by atoms with Gasteiger partial charge in [0.15, 0.2) is 0 Å². The van der Waals surface area contributed by atoms with Gasteiger partial charge in [-0.3, -0.25) is 19.8 Å². The van der Waals surface area contributed by atoms with Crippen molar-refractivity contribution in [3.8, 4) is 0 Å². The number of aliphatic imine (C=N–C) groups is 3. The van der Waals surface area contributed by atoms with Crippen LogP contribution in [-0.2, 0) is 4.79 Å². The number of ketones is 1. The van der Waals surface area contributed by atoms with Gasteiger partial charge in [0.25, 0.3) is 0 Å². The number of Topliss-reactive ketones (excluding diaryl/α,β-unsaturated/α-hetero) is 1. The van der Waals surface area contributed by atoms with Gasteiger partial charge in [-0.2, -0.15) is 0 Å². The maximum atomic E-state index is 10.8. The van der Waals surface area contributed by atoms with E-state index in [2.05, 4.69) is 140 Å². The Balaban J connectivity index is -0.0000000843. The molecular weight excluding hydrogens is 574 g/mol. The molecule has 0 unspecified atom stereocenters. The molecule has 0 bridgehead atoms. The molecule has 0 radical (unpaired) electrons. The van der Waals surface area contributed by atoms with E-state index in [4.69, 9.17) is 0 Å². The monoisotopic (exact) mass is 668 g/mol. The van der Waals surface area contributed by atoms with E-state index in [1.54, 1.807) is 5.57 Å². The summed E-state index contributed by atoms with van der Waals surface area (Å²) in [6.07, 6.45) is 0. The number of nitrogens with zero attached hydrogens (tertiary/aromatic N) is 3. The molecule has 0 aliphatic rings. The second-order valence-corrected chi connectivity index (χ2v) is 15.4. The molecule has 4 heteroatoms. The first-order valence-corrected chi connectivity index (χ1v) is 17.9. The number of carbonyl (C=O) groups excluding carboxylic acids is 1. The first-order chi connectivity index (χ1) is 20.3. The van der Waals surface area contributed by atoms with Crippen molar-refractivity contribution in [2.45, 2.75) is 167 Å². The van der Waals surface area contributed by atoms with Crippen LogP contribution >= 0.6 is 0 Å². The SMILES string of the molecule is C.C.CC(C)=C(C(C)C)C(C)C.CC(C)C(=O)C(C)C.CN=C(C(C)C)C(C)C.CN=C(C(C)C)C(C)C.CN=C(C(C)C)C(C)C. The van der Waals surface area contributed by atoms with Gasteiger partial charge in [0.2, 0.25) is 0 Å². The third kappa shape index (κ3) is 34.1. The molecule has 0 atom stereocenters. The molecule has 0 aliphatic heterocycles. The molecule has 286 valence electrons. The lowest BCUT2D eigenvalue weighted by atomic mass is 9.89. The Morgan fingerprint density at radius 2 is 0.511 bits per heavy atom. The second-order valence-electron chi connectivity index (χ2n) is 15.4. The number of hydrogen-bond donors (Lipinski definition) is 0. The fourth-order valence-corrected chi connectivity index (χ4v) is 6.04. The van der Waals surface area contributed by atoms with Crippen LogP contribution in [0.2, 0.25) is 0 Å². The van der Waals surface area contributed by atoms with E-state index < -0.39 is 0 Å². The minimum Gasteiger partial charge on any atom is -0.299 e. The topological polar surface area (TPSA) is 54.1 Å². The van der Waals surface area contributed by atoms with Gasteiger partial charge in [0.05, 0.1) is 0 Å². The van der Waals surface area contributed by atoms with Crippen LogP contribution in [0.3, 0.4) is 0 Å². The smallest absolute Gasteiger partial charge is 0.137 e. The van der Waals surface area contributed by atoms with Crippen LogP contribution in [0, 0.1) is 59.2 Å². The van der Waals surface area contributed by atoms with Crippen molar-refractivity contribution < 1.29 is 4.79 Å². The van der Waals surface area contributed by atoms with Crippen LogP contribution in [-0.4, -0.2) is 44.1 Å². The van der Waals surface area contributed by atoms with E-state index in [9.17, 15) is 4.79 Å². The number of allylic oxidation sites excluding steroid dienone is 2. The van der Waals surface area contributed by atoms with Crippen LogP contribution < -0.4 is 0 Å². The van der Waals surface area contributed by atoms with Crippen molar-refractivity contribution >= 4 is 22.9 Å². The van der Waals surface area contributed by atoms with Crippen LogP contribution in [0.1, 0.15) is 167 Å². The molecule has 0 fully saturated rings. The van der Waals surface area contributed by atoms with Gasteiger partial charge in [-0.25, -0.2) is 0 Å². The van der Waals surface area contributed by atoms with E-state index >= 15 is 0 Å². The average Bonchev–Trinajstić information content (AvgIpc) is 2.84. The lowest BCUT2D eigenvalue weighted by Crippen LogP contribution is -2.14. The van der Waals surface area contributed by atoms with Crippen LogP contribution in [0.25, 0.3) is 0 Å². The predicted octanol–water partition coefficient (Wildman–Crippen LogP) is 13.9. The fourth-order valence-electron chi connectivity index (χ4n) is 6.04. The van der Waals surface area contributed by atoms with Gasteiger partial charge < -0.3 is 0 Å². The third-order valence-electron chi connectivity index (χ3n) is 7.28. The standard InChI is InChI=1S/C10H20.3C8H17N.C7H14O.2CH4/c1-7(2)10(8(3)4)9(5)6;3*1-6(2)8(9-5)7(3)4;1-5(2)7(8)6(3)4;;/h7-8H,1-6H3;3*6-7H,1-5H3;5-6H,1-4H3;2*1H4. The number of hydrogen-bond acceptors (Lipinski definition) is 4. The molecule has 0 aromatic carbocycles. The Hall–Kier alpha value is -1.58. The Morgan fingerprint density at radius 3 is 0.511 bits per heavy atom. The summed E-state index contributed by atoms with van der Waals surface area (Å²) in [4.78, 5) is 23.5. The van der Waals surface area contributed by atoms with Crippen molar-refractivity contribution in [1.29, 1.82) is 0 Å². The first-order valence-electron chi connectivity index (χ1n) is 17.9. The predicted molar refractivity (Wildman–Crippen MR) is 225 cm³/mol. The van der Waals surface area contributed by atoms with Crippen molar-refractivity contribution in [2.75, 3.05) is 21.1 Å². The molecule has 0 N–H and O–H groups in total. The van der Waals surface area contributed by atoms with E-state index in [-0.39, 0.29) is 26.7 Å². The number of carbonyl (C=O) groups is 1. The second kappa shape index (κ2) is 34.3. The largest absolute Gasteiger partial charge is 0.299 e. The minimum absolute atomic E-state index is 0. The average molecular weight is 668 g/mol. The quantitative estimate of drug-likeness (QED) is 0.169. The zero-order chi connectivity index (χ0) is 37.4. The molecule has 0 heterocycles. The normalized spacial score (nSPS) is 10.2. The molecule has 0 rings (SSSR count). The van der Waals surface area contributed by atoms with E-state index in [0.717, 1.165) is 0 Å². The lowest BCUT2D eigenvalue weighted by molar-refractivity contribution is -0.124. The molecule has 0 saturated carbocycles. The molecule has 0 spiro atoms. The third-order valence-corrected chi connectivity index (χ3v) is 7.28. The summed E-state index contributed by atoms with van der Waals surface area (Å²) < 4.78 is 0. The summed E-state index contributed by atoms with van der Waals surface area (Å²) in [5, 5.41) is 0. The number of rotatable bonds is 10. The molecular formula is C43H93N3O. The summed E-state index contributed by atoms with van der Waals surface area (Å²) in [7, 11) is 5.61. The molecule has 0 amide bonds. The summed E-state index contributed by atoms with van der Waals surface area (Å²) in [6, 6.07) is 0. The van der Waals surface area contributed by atoms with Gasteiger partial charge >= 0.3 is 0 Å². The Kier molecular flexibility index (Phi) is 44.3. The molecule has 0 aliphatic carbocycles. The van der Waals surface area contributed by atoms with Gasteiger partial charge in [-0.1, -0.05) is 164 Å². The van der Waals surface area contributed by atoms with Crippen molar-refractivity contribution in [3.05, 3.63) is 11.1 Å². The minimum atomic E-state index is 0. The van der Waals surface area contributed by atoms with Crippen molar-refractivity contribution in [1.82, 2.24) is 0 Å². The van der Waals surface area contributed by atoms with Crippen molar-refractivity contribution in [3.63, 3.8) is 0 Å². The molecule has 0 aromatic rings. The first kappa shape index (κ1) is 60.7. The van der Waals surface area contributed by atoms with Crippen LogP contribution in [0.4, 0.5) is 0 Å². The zero-order valence-electron chi connectivity index (χ0n) is 35.5. The Labute approximate surface area is 300 Å². The highest BCUT2D eigenvalue weighted by Crippen LogP contribution is 2.22. The fraction of sp³-hybridized carbons (Fsp3) is 0.860. The van der Waals surface area contributed by atoms with Gasteiger partial charge in [-0.05, 0) is 61.2 Å². The van der Waals surface area contributed by atoms with Crippen LogP contribution in [0.5, 0.6) is 0 Å². The summed E-state index contributed by atoms with van der Waals surface area (Å²) in [6.45, 7) is 47.4. The zero-order valence-corrected chi connectivity index (χ0v) is 35.5. The Bertz CT molecular complexity index is 726. The van der Waals surface area contributed by atoms with Gasteiger partial charge in [0, 0.05) is 50.1 Å². The lowest BCUT2D eigenvalue weighted by Gasteiger charge is -2.17. The summed E-state index contributed by atoms with van der Waals surface area (Å²) in [5.41, 5.74) is 7.05. The van der Waals surface area contributed by atoms with E-state index in [1.807, 2.05) is 48.8 Å². The van der Waals surface area contributed by atoms with E-state index in [1.165, 1.54) is 22.7 Å². The molecule has 4 nitrogen and oxygen atoms in total. The molecule has 0 saturated heterocycles. The summed E-state index contributed by atoms with van der Waals surface area (Å²) in [5.74, 6) is 5.82. The molecule has 0 aromatic heterocycles. The van der Waals surface area contributed by atoms with Gasteiger partial charge in [-0.15, -0.1) is 0 Å².